The van der Waals surface area contributed by atoms with Crippen LogP contribution in [0.4, 0.5) is 10.1 Å². The van der Waals surface area contributed by atoms with Crippen LogP contribution in [0.1, 0.15) is 21.5 Å². The number of anilines is 1. The number of carbonyl (C=O) groups excluding carboxylic acids is 2. The lowest BCUT2D eigenvalue weighted by Gasteiger charge is -2.14. The SMILES string of the molecule is COCCOc1cc(C(=O)Nc2ccccc2CC(=O)OC)cc(-c2cc(F)cc(CN)c2)c1. The van der Waals surface area contributed by atoms with Crippen molar-refractivity contribution in [3.8, 4) is 16.9 Å². The van der Waals surface area contributed by atoms with Crippen molar-refractivity contribution in [2.75, 3.05) is 32.8 Å². The largest absolute Gasteiger partial charge is 0.491 e. The number of esters is 1. The number of halogens is 1. The third-order valence-electron chi connectivity index (χ3n) is 5.08. The molecule has 3 rings (SSSR count). The van der Waals surface area contributed by atoms with Gasteiger partial charge >= 0.3 is 5.97 Å². The van der Waals surface area contributed by atoms with E-state index in [-0.39, 0.29) is 19.6 Å². The normalized spacial score (nSPS) is 10.6. The van der Waals surface area contributed by atoms with Crippen LogP contribution in [0.15, 0.2) is 60.7 Å². The number of para-hydroxylation sites is 1. The number of methoxy groups -OCH3 is 2. The summed E-state index contributed by atoms with van der Waals surface area (Å²) < 4.78 is 29.7. The van der Waals surface area contributed by atoms with Gasteiger partial charge in [-0.05, 0) is 64.7 Å². The van der Waals surface area contributed by atoms with Gasteiger partial charge in [-0.25, -0.2) is 4.39 Å². The first-order valence-electron chi connectivity index (χ1n) is 10.7. The summed E-state index contributed by atoms with van der Waals surface area (Å²) >= 11 is 0. The van der Waals surface area contributed by atoms with Crippen molar-refractivity contribution in [2.45, 2.75) is 13.0 Å². The van der Waals surface area contributed by atoms with Gasteiger partial charge in [-0.15, -0.1) is 0 Å². The van der Waals surface area contributed by atoms with E-state index in [0.29, 0.717) is 45.9 Å². The number of amides is 1. The average molecular weight is 467 g/mol. The smallest absolute Gasteiger partial charge is 0.310 e. The molecule has 7 nitrogen and oxygen atoms in total. The van der Waals surface area contributed by atoms with E-state index in [1.165, 1.54) is 19.2 Å². The number of hydrogen-bond acceptors (Lipinski definition) is 6. The van der Waals surface area contributed by atoms with Gasteiger partial charge in [0.1, 0.15) is 18.2 Å². The lowest BCUT2D eigenvalue weighted by molar-refractivity contribution is -0.139. The molecule has 0 fully saturated rings. The van der Waals surface area contributed by atoms with E-state index >= 15 is 0 Å². The van der Waals surface area contributed by atoms with Crippen LogP contribution in [0, 0.1) is 5.82 Å². The summed E-state index contributed by atoms with van der Waals surface area (Å²) in [6, 6.07) is 16.5. The van der Waals surface area contributed by atoms with Crippen molar-refractivity contribution < 1.29 is 28.2 Å². The highest BCUT2D eigenvalue weighted by molar-refractivity contribution is 6.06. The van der Waals surface area contributed by atoms with Crippen molar-refractivity contribution in [1.82, 2.24) is 0 Å². The fraction of sp³-hybridized carbons (Fsp3) is 0.231. The minimum Gasteiger partial charge on any atom is -0.491 e. The van der Waals surface area contributed by atoms with Crippen LogP contribution in [0.5, 0.6) is 5.75 Å². The molecular weight excluding hydrogens is 439 g/mol. The number of carbonyl (C=O) groups is 2. The van der Waals surface area contributed by atoms with Gasteiger partial charge in [0.05, 0.1) is 20.1 Å². The molecular formula is C26H27FN2O5. The maximum Gasteiger partial charge on any atom is 0.310 e. The molecule has 0 aliphatic carbocycles. The average Bonchev–Trinajstić information content (AvgIpc) is 2.84. The number of rotatable bonds is 10. The lowest BCUT2D eigenvalue weighted by atomic mass is 9.99. The molecule has 0 saturated carbocycles. The summed E-state index contributed by atoms with van der Waals surface area (Å²) in [7, 11) is 2.87. The minimum atomic E-state index is -0.425. The molecule has 0 unspecified atom stereocenters. The molecule has 0 saturated heterocycles. The van der Waals surface area contributed by atoms with Crippen LogP contribution in [-0.2, 0) is 27.2 Å². The van der Waals surface area contributed by atoms with Crippen molar-refractivity contribution >= 4 is 17.6 Å². The zero-order chi connectivity index (χ0) is 24.5. The van der Waals surface area contributed by atoms with Crippen LogP contribution in [0.3, 0.4) is 0 Å². The minimum absolute atomic E-state index is 0.0174. The predicted molar refractivity (Wildman–Crippen MR) is 127 cm³/mol. The quantitative estimate of drug-likeness (QED) is 0.347. The number of ether oxygens (including phenoxy) is 3. The summed E-state index contributed by atoms with van der Waals surface area (Å²) in [6.07, 6.45) is 0.0174. The second kappa shape index (κ2) is 11.9. The fourth-order valence-corrected chi connectivity index (χ4v) is 3.38. The zero-order valence-corrected chi connectivity index (χ0v) is 19.1. The second-order valence-electron chi connectivity index (χ2n) is 7.50. The van der Waals surface area contributed by atoms with E-state index in [1.54, 1.807) is 55.6 Å². The highest BCUT2D eigenvalue weighted by Gasteiger charge is 2.15. The number of hydrogen-bond donors (Lipinski definition) is 2. The molecule has 0 atom stereocenters. The molecule has 0 heterocycles. The molecule has 0 radical (unpaired) electrons. The molecule has 1 amide bonds. The first-order chi connectivity index (χ1) is 16.4. The van der Waals surface area contributed by atoms with Crippen molar-refractivity contribution in [2.24, 2.45) is 5.73 Å². The van der Waals surface area contributed by atoms with Crippen molar-refractivity contribution in [3.05, 3.63) is 83.2 Å². The Bertz CT molecular complexity index is 1170. The monoisotopic (exact) mass is 466 g/mol. The Morgan fingerprint density at radius 3 is 2.47 bits per heavy atom. The summed E-state index contributed by atoms with van der Waals surface area (Å²) in [4.78, 5) is 24.9. The van der Waals surface area contributed by atoms with Crippen LogP contribution in [-0.4, -0.2) is 39.3 Å². The summed E-state index contributed by atoms with van der Waals surface area (Å²) in [5.74, 6) is -0.821. The van der Waals surface area contributed by atoms with E-state index in [9.17, 15) is 14.0 Å². The molecule has 0 aliphatic rings. The Hall–Kier alpha value is -3.75. The number of benzene rings is 3. The lowest BCUT2D eigenvalue weighted by Crippen LogP contribution is -2.15. The number of nitrogens with one attached hydrogen (secondary N) is 1. The van der Waals surface area contributed by atoms with Gasteiger partial charge in [0.15, 0.2) is 0 Å². The highest BCUT2D eigenvalue weighted by atomic mass is 19.1. The zero-order valence-electron chi connectivity index (χ0n) is 19.1. The molecule has 3 aromatic rings. The van der Waals surface area contributed by atoms with Crippen molar-refractivity contribution in [3.63, 3.8) is 0 Å². The molecule has 34 heavy (non-hydrogen) atoms. The van der Waals surface area contributed by atoms with E-state index in [4.69, 9.17) is 19.9 Å². The molecule has 0 spiro atoms. The molecule has 0 bridgehead atoms. The van der Waals surface area contributed by atoms with Gasteiger partial charge in [0.2, 0.25) is 0 Å². The summed E-state index contributed by atoms with van der Waals surface area (Å²) in [6.45, 7) is 0.823. The van der Waals surface area contributed by atoms with Gasteiger partial charge in [-0.1, -0.05) is 18.2 Å². The topological polar surface area (TPSA) is 99.9 Å². The number of nitrogens with two attached hydrogens (primary N) is 1. The van der Waals surface area contributed by atoms with E-state index < -0.39 is 17.7 Å². The standard InChI is InChI=1S/C26H27FN2O5/c1-32-7-8-34-23-13-20(19-9-17(16-28)10-22(27)12-19)11-21(14-23)26(31)29-24-6-4-3-5-18(24)15-25(30)33-2/h3-6,9-14H,7-8,15-16,28H2,1-2H3,(H,29,31). The van der Waals surface area contributed by atoms with E-state index in [0.717, 1.165) is 0 Å². The first kappa shape index (κ1) is 24.9. The highest BCUT2D eigenvalue weighted by Crippen LogP contribution is 2.29. The van der Waals surface area contributed by atoms with E-state index in [1.807, 2.05) is 0 Å². The molecule has 8 heteroatoms. The third kappa shape index (κ3) is 6.63. The molecule has 0 aliphatic heterocycles. The Balaban J connectivity index is 1.96. The van der Waals surface area contributed by atoms with Gasteiger partial charge in [0.25, 0.3) is 5.91 Å². The predicted octanol–water partition coefficient (Wildman–Crippen LogP) is 3.94. The summed E-state index contributed by atoms with van der Waals surface area (Å²) in [5, 5.41) is 2.84. The Morgan fingerprint density at radius 1 is 0.971 bits per heavy atom. The van der Waals surface area contributed by atoms with Crippen LogP contribution >= 0.6 is 0 Å². The second-order valence-corrected chi connectivity index (χ2v) is 7.50. The van der Waals surface area contributed by atoms with E-state index in [2.05, 4.69) is 5.32 Å². The van der Waals surface area contributed by atoms with Gasteiger partial charge in [0, 0.05) is 24.9 Å². The molecule has 178 valence electrons. The first-order valence-corrected chi connectivity index (χ1v) is 10.7. The molecule has 3 N–H and O–H groups in total. The Morgan fingerprint density at radius 2 is 1.74 bits per heavy atom. The van der Waals surface area contributed by atoms with Crippen LogP contribution < -0.4 is 15.8 Å². The van der Waals surface area contributed by atoms with Gasteiger partial charge in [-0.2, -0.15) is 0 Å². The van der Waals surface area contributed by atoms with Crippen molar-refractivity contribution in [1.29, 1.82) is 0 Å². The van der Waals surface area contributed by atoms with Gasteiger partial charge in [-0.3, -0.25) is 9.59 Å². The maximum atomic E-state index is 14.2. The molecule has 0 aromatic heterocycles. The Kier molecular flexibility index (Phi) is 8.73. The maximum absolute atomic E-state index is 14.2. The Labute approximate surface area is 197 Å². The third-order valence-corrected chi connectivity index (χ3v) is 5.08. The van der Waals surface area contributed by atoms with Crippen LogP contribution in [0.25, 0.3) is 11.1 Å². The fourth-order valence-electron chi connectivity index (χ4n) is 3.38. The van der Waals surface area contributed by atoms with Crippen LogP contribution in [0.2, 0.25) is 0 Å². The molecule has 3 aromatic carbocycles. The van der Waals surface area contributed by atoms with Gasteiger partial charge < -0.3 is 25.3 Å². The summed E-state index contributed by atoms with van der Waals surface area (Å²) in [5.41, 5.74) is 8.90.